The van der Waals surface area contributed by atoms with Gasteiger partial charge in [-0.05, 0) is 98.7 Å². The fourth-order valence-corrected chi connectivity index (χ4v) is 4.65. The molecule has 1 amide bonds. The number of rotatable bonds is 7. The van der Waals surface area contributed by atoms with E-state index in [9.17, 15) is 13.2 Å². The third-order valence-corrected chi connectivity index (χ3v) is 6.99. The van der Waals surface area contributed by atoms with Gasteiger partial charge in [0.1, 0.15) is 5.75 Å². The van der Waals surface area contributed by atoms with Crippen LogP contribution in [0.4, 0.5) is 11.4 Å². The number of halogens is 1. The highest BCUT2D eigenvalue weighted by Crippen LogP contribution is 2.24. The Bertz CT molecular complexity index is 1330. The fourth-order valence-electron chi connectivity index (χ4n) is 3.03. The number of hydrogen-bond acceptors (Lipinski definition) is 5. The summed E-state index contributed by atoms with van der Waals surface area (Å²) in [6.07, 6.45) is 0. The van der Waals surface area contributed by atoms with Gasteiger partial charge in [-0.1, -0.05) is 22.0 Å². The molecule has 3 aromatic rings. The monoisotopic (exact) mass is 561 g/mol. The first kappa shape index (κ1) is 25.7. The third kappa shape index (κ3) is 6.55. The Balaban J connectivity index is 1.66. The second-order valence-corrected chi connectivity index (χ2v) is 10.4. The normalized spacial score (nSPS) is 10.9. The van der Waals surface area contributed by atoms with E-state index in [0.717, 1.165) is 15.6 Å². The van der Waals surface area contributed by atoms with Crippen LogP contribution >= 0.6 is 28.1 Å². The van der Waals surface area contributed by atoms with Crippen molar-refractivity contribution in [1.29, 1.82) is 0 Å². The Labute approximate surface area is 213 Å². The first-order chi connectivity index (χ1) is 16.1. The molecule has 10 heteroatoms. The molecule has 7 nitrogen and oxygen atoms in total. The van der Waals surface area contributed by atoms with Crippen LogP contribution in [0.2, 0.25) is 0 Å². The SMILES string of the molecule is CCOc1ccc(Br)cc1C(=O)NC(=S)Nc1ccc(S(=O)(=O)Nc2ccc(C)c(C)c2)cc1. The number of anilines is 2. The van der Waals surface area contributed by atoms with Gasteiger partial charge < -0.3 is 10.1 Å². The molecule has 0 saturated heterocycles. The van der Waals surface area contributed by atoms with E-state index in [0.29, 0.717) is 29.3 Å². The van der Waals surface area contributed by atoms with Crippen LogP contribution in [0.25, 0.3) is 0 Å². The van der Waals surface area contributed by atoms with Crippen LogP contribution in [0, 0.1) is 13.8 Å². The molecule has 0 spiro atoms. The maximum atomic E-state index is 12.7. The van der Waals surface area contributed by atoms with Gasteiger partial charge in [0.25, 0.3) is 15.9 Å². The summed E-state index contributed by atoms with van der Waals surface area (Å²) < 4.78 is 34.2. The van der Waals surface area contributed by atoms with Gasteiger partial charge in [0.15, 0.2) is 5.11 Å². The first-order valence-corrected chi connectivity index (χ1v) is 13.0. The molecule has 3 rings (SSSR count). The summed E-state index contributed by atoms with van der Waals surface area (Å²) in [7, 11) is -3.76. The van der Waals surface area contributed by atoms with Gasteiger partial charge in [-0.2, -0.15) is 0 Å². The van der Waals surface area contributed by atoms with Gasteiger partial charge >= 0.3 is 0 Å². The molecule has 34 heavy (non-hydrogen) atoms. The lowest BCUT2D eigenvalue weighted by molar-refractivity contribution is 0.0974. The quantitative estimate of drug-likeness (QED) is 0.334. The highest BCUT2D eigenvalue weighted by molar-refractivity contribution is 9.10. The lowest BCUT2D eigenvalue weighted by Gasteiger charge is -2.13. The van der Waals surface area contributed by atoms with E-state index >= 15 is 0 Å². The highest BCUT2D eigenvalue weighted by atomic mass is 79.9. The van der Waals surface area contributed by atoms with Gasteiger partial charge in [0, 0.05) is 15.8 Å². The lowest BCUT2D eigenvalue weighted by Crippen LogP contribution is -2.34. The summed E-state index contributed by atoms with van der Waals surface area (Å²) >= 11 is 8.59. The number of thiocarbonyl (C=S) groups is 1. The van der Waals surface area contributed by atoms with E-state index in [1.54, 1.807) is 42.5 Å². The Morgan fingerprint density at radius 3 is 2.29 bits per heavy atom. The number of benzene rings is 3. The number of nitrogens with one attached hydrogen (secondary N) is 3. The van der Waals surface area contributed by atoms with Gasteiger partial charge in [0.2, 0.25) is 0 Å². The van der Waals surface area contributed by atoms with Crippen molar-refractivity contribution >= 4 is 60.6 Å². The van der Waals surface area contributed by atoms with E-state index < -0.39 is 15.9 Å². The van der Waals surface area contributed by atoms with Crippen LogP contribution in [0.15, 0.2) is 70.0 Å². The van der Waals surface area contributed by atoms with Gasteiger partial charge in [-0.15, -0.1) is 0 Å². The van der Waals surface area contributed by atoms with Crippen molar-refractivity contribution in [2.45, 2.75) is 25.7 Å². The predicted molar refractivity (Wildman–Crippen MR) is 142 cm³/mol. The van der Waals surface area contributed by atoms with Crippen molar-refractivity contribution in [3.05, 3.63) is 81.8 Å². The summed E-state index contributed by atoms with van der Waals surface area (Å²) in [6.45, 7) is 6.13. The number of carbonyl (C=O) groups is 1. The number of aryl methyl sites for hydroxylation is 2. The minimum Gasteiger partial charge on any atom is -0.493 e. The van der Waals surface area contributed by atoms with Crippen LogP contribution in [0.1, 0.15) is 28.4 Å². The Morgan fingerprint density at radius 1 is 0.971 bits per heavy atom. The largest absolute Gasteiger partial charge is 0.493 e. The van der Waals surface area contributed by atoms with E-state index in [1.807, 2.05) is 26.8 Å². The first-order valence-electron chi connectivity index (χ1n) is 10.3. The predicted octanol–water partition coefficient (Wildman–Crippen LogP) is 5.39. The topological polar surface area (TPSA) is 96.5 Å². The molecule has 0 aliphatic heterocycles. The molecular weight excluding hydrogens is 538 g/mol. The molecule has 0 bridgehead atoms. The zero-order valence-electron chi connectivity index (χ0n) is 18.8. The Kier molecular flexibility index (Phi) is 8.29. The standard InChI is InChI=1S/C24H24BrN3O4S2/c1-4-32-22-12-6-17(25)14-21(22)23(29)27-24(33)26-18-8-10-20(11-9-18)34(30,31)28-19-7-5-15(2)16(3)13-19/h5-14,28H,4H2,1-3H3,(H2,26,27,29,33). The lowest BCUT2D eigenvalue weighted by atomic mass is 10.1. The minimum absolute atomic E-state index is 0.0660. The highest BCUT2D eigenvalue weighted by Gasteiger charge is 2.16. The van der Waals surface area contributed by atoms with Crippen molar-refractivity contribution < 1.29 is 17.9 Å². The zero-order valence-corrected chi connectivity index (χ0v) is 22.0. The van der Waals surface area contributed by atoms with Crippen LogP contribution in [-0.4, -0.2) is 26.0 Å². The van der Waals surface area contributed by atoms with E-state index in [1.165, 1.54) is 12.1 Å². The Morgan fingerprint density at radius 2 is 1.65 bits per heavy atom. The summed E-state index contributed by atoms with van der Waals surface area (Å²) in [6, 6.07) is 16.5. The molecule has 0 atom stereocenters. The molecule has 0 aliphatic carbocycles. The van der Waals surface area contributed by atoms with Crippen LogP contribution < -0.4 is 20.1 Å². The van der Waals surface area contributed by atoms with Crippen molar-refractivity contribution in [1.82, 2.24) is 5.32 Å². The number of hydrogen-bond donors (Lipinski definition) is 3. The van der Waals surface area contributed by atoms with Gasteiger partial charge in [-0.3, -0.25) is 14.8 Å². The minimum atomic E-state index is -3.76. The fraction of sp³-hybridized carbons (Fsp3) is 0.167. The molecule has 178 valence electrons. The molecule has 0 unspecified atom stereocenters. The Hall–Kier alpha value is -2.95. The average molecular weight is 563 g/mol. The summed E-state index contributed by atoms with van der Waals surface area (Å²) in [5.74, 6) is 0.0101. The molecule has 0 radical (unpaired) electrons. The molecule has 0 aromatic heterocycles. The second kappa shape index (κ2) is 11.0. The third-order valence-electron chi connectivity index (χ3n) is 4.89. The maximum absolute atomic E-state index is 12.7. The van der Waals surface area contributed by atoms with Crippen LogP contribution in [-0.2, 0) is 10.0 Å². The van der Waals surface area contributed by atoms with Crippen molar-refractivity contribution in [2.24, 2.45) is 0 Å². The van der Waals surface area contributed by atoms with Crippen molar-refractivity contribution in [3.63, 3.8) is 0 Å². The number of ether oxygens (including phenoxy) is 1. The maximum Gasteiger partial charge on any atom is 0.261 e. The summed E-state index contributed by atoms with van der Waals surface area (Å²) in [5.41, 5.74) is 3.42. The zero-order chi connectivity index (χ0) is 24.9. The van der Waals surface area contributed by atoms with E-state index in [2.05, 4.69) is 31.3 Å². The van der Waals surface area contributed by atoms with Crippen molar-refractivity contribution in [3.8, 4) is 5.75 Å². The van der Waals surface area contributed by atoms with Gasteiger partial charge in [-0.25, -0.2) is 8.42 Å². The summed E-state index contributed by atoms with van der Waals surface area (Å²) in [4.78, 5) is 12.8. The van der Waals surface area contributed by atoms with E-state index in [-0.39, 0.29) is 10.0 Å². The number of sulfonamides is 1. The molecule has 0 saturated carbocycles. The van der Waals surface area contributed by atoms with Crippen molar-refractivity contribution in [2.75, 3.05) is 16.6 Å². The number of carbonyl (C=O) groups excluding carboxylic acids is 1. The molecule has 3 N–H and O–H groups in total. The molecule has 3 aromatic carbocycles. The second-order valence-electron chi connectivity index (χ2n) is 7.41. The number of amides is 1. The molecule has 0 fully saturated rings. The molecule has 0 heterocycles. The summed E-state index contributed by atoms with van der Waals surface area (Å²) in [5, 5.41) is 5.56. The smallest absolute Gasteiger partial charge is 0.261 e. The van der Waals surface area contributed by atoms with E-state index in [4.69, 9.17) is 17.0 Å². The average Bonchev–Trinajstić information content (AvgIpc) is 2.77. The van der Waals surface area contributed by atoms with Crippen LogP contribution in [0.3, 0.4) is 0 Å². The molecule has 0 aliphatic rings. The molecular formula is C24H24BrN3O4S2. The van der Waals surface area contributed by atoms with Crippen LogP contribution in [0.5, 0.6) is 5.75 Å². The van der Waals surface area contributed by atoms with Gasteiger partial charge in [0.05, 0.1) is 17.1 Å².